The molecule has 0 saturated heterocycles. The van der Waals surface area contributed by atoms with Gasteiger partial charge in [0, 0.05) is 0 Å². The Morgan fingerprint density at radius 2 is 1.57 bits per heavy atom. The molecule has 0 aliphatic rings. The molecule has 0 aliphatic carbocycles. The van der Waals surface area contributed by atoms with E-state index < -0.39 is 24.1 Å². The molecule has 0 amide bonds. The average molecular weight is 326 g/mol. The van der Waals surface area contributed by atoms with Gasteiger partial charge in [0.2, 0.25) is 0 Å². The fourth-order valence-electron chi connectivity index (χ4n) is 1.67. The Balaban J connectivity index is 0.00000220. The van der Waals surface area contributed by atoms with Gasteiger partial charge in [0.15, 0.2) is 11.6 Å². The summed E-state index contributed by atoms with van der Waals surface area (Å²) in [5.41, 5.74) is -0.608. The third-order valence-corrected chi connectivity index (χ3v) is 2.65. The van der Waals surface area contributed by atoms with Crippen molar-refractivity contribution in [3.05, 3.63) is 59.7 Å². The van der Waals surface area contributed by atoms with Gasteiger partial charge in [-0.3, -0.25) is 0 Å². The van der Waals surface area contributed by atoms with E-state index in [2.05, 4.69) is 0 Å². The van der Waals surface area contributed by atoms with Gasteiger partial charge in [-0.25, -0.2) is 8.78 Å². The minimum Gasteiger partial charge on any atom is -0.492 e. The first-order valence-corrected chi connectivity index (χ1v) is 5.73. The maximum Gasteiger partial charge on any atom is 1.00 e. The van der Waals surface area contributed by atoms with Crippen molar-refractivity contribution in [2.75, 3.05) is 0 Å². The summed E-state index contributed by atoms with van der Waals surface area (Å²) in [6.07, 6.45) is 0. The van der Waals surface area contributed by atoms with Crippen molar-refractivity contribution in [2.45, 2.75) is 6.61 Å². The molecule has 0 spiro atoms. The van der Waals surface area contributed by atoms with E-state index in [0.29, 0.717) is 0 Å². The van der Waals surface area contributed by atoms with Crippen LogP contribution in [0.4, 0.5) is 21.7 Å². The standard InChI is InChI=1S/C13H9BF5O.K/c15-11-6-5-9(7-12(11)16)8-20-13-4-2-1-3-10(13)14(17,18)19;/h1-7H,8H2;/q-1;+1. The van der Waals surface area contributed by atoms with E-state index in [4.69, 9.17) is 4.74 Å². The topological polar surface area (TPSA) is 9.23 Å². The average Bonchev–Trinajstić information content (AvgIpc) is 2.39. The van der Waals surface area contributed by atoms with Crippen molar-refractivity contribution < 1.29 is 77.8 Å². The number of hydrogen-bond donors (Lipinski definition) is 0. The fraction of sp³-hybridized carbons (Fsp3) is 0.0769. The third-order valence-electron chi connectivity index (χ3n) is 2.65. The molecule has 106 valence electrons. The number of halogens is 5. The SMILES string of the molecule is Fc1ccc(COc2ccccc2[B-](F)(F)F)cc1F.[K+]. The van der Waals surface area contributed by atoms with Crippen LogP contribution in [0.5, 0.6) is 5.75 Å². The van der Waals surface area contributed by atoms with E-state index in [-0.39, 0.29) is 69.3 Å². The molecule has 0 fully saturated rings. The van der Waals surface area contributed by atoms with E-state index >= 15 is 0 Å². The molecule has 0 atom stereocenters. The number of rotatable bonds is 4. The molecule has 8 heteroatoms. The van der Waals surface area contributed by atoms with Crippen LogP contribution >= 0.6 is 0 Å². The van der Waals surface area contributed by atoms with Gasteiger partial charge in [-0.1, -0.05) is 29.7 Å². The molecule has 0 aromatic heterocycles. The summed E-state index contributed by atoms with van der Waals surface area (Å²) in [6, 6.07) is 7.80. The largest absolute Gasteiger partial charge is 1.00 e. The summed E-state index contributed by atoms with van der Waals surface area (Å²) in [5.74, 6) is -2.42. The maximum absolute atomic E-state index is 13.0. The van der Waals surface area contributed by atoms with Gasteiger partial charge >= 0.3 is 58.4 Å². The first kappa shape index (κ1) is 18.6. The predicted molar refractivity (Wildman–Crippen MR) is 65.8 cm³/mol. The van der Waals surface area contributed by atoms with Crippen LogP contribution in [0.3, 0.4) is 0 Å². The zero-order valence-electron chi connectivity index (χ0n) is 11.1. The minimum absolute atomic E-state index is 0. The predicted octanol–water partition coefficient (Wildman–Crippen LogP) is 0.602. The van der Waals surface area contributed by atoms with E-state index in [9.17, 15) is 21.7 Å². The molecule has 21 heavy (non-hydrogen) atoms. The van der Waals surface area contributed by atoms with Crippen LogP contribution in [0.25, 0.3) is 0 Å². The van der Waals surface area contributed by atoms with Crippen LogP contribution in [0.1, 0.15) is 5.56 Å². The Bertz CT molecular complexity index is 618. The Kier molecular flexibility index (Phi) is 6.86. The molecule has 0 aliphatic heterocycles. The Labute approximate surface area is 161 Å². The van der Waals surface area contributed by atoms with Crippen LogP contribution in [0.2, 0.25) is 0 Å². The maximum atomic E-state index is 13.0. The van der Waals surface area contributed by atoms with Crippen LogP contribution in [0, 0.1) is 11.6 Å². The molecular weight excluding hydrogens is 317 g/mol. The second-order valence-corrected chi connectivity index (χ2v) is 4.15. The van der Waals surface area contributed by atoms with Crippen molar-refractivity contribution in [2.24, 2.45) is 0 Å². The molecule has 0 bridgehead atoms. The molecule has 1 nitrogen and oxygen atoms in total. The van der Waals surface area contributed by atoms with Gasteiger partial charge in [0.05, 0.1) is 5.75 Å². The van der Waals surface area contributed by atoms with Gasteiger partial charge in [-0.15, -0.1) is 0 Å². The summed E-state index contributed by atoms with van der Waals surface area (Å²) in [4.78, 5) is 0. The second-order valence-electron chi connectivity index (χ2n) is 4.15. The summed E-state index contributed by atoms with van der Waals surface area (Å²) >= 11 is 0. The molecular formula is C13H9BF5KO. The molecule has 0 radical (unpaired) electrons. The molecule has 0 N–H and O–H groups in total. The van der Waals surface area contributed by atoms with Crippen LogP contribution in [-0.2, 0) is 6.61 Å². The van der Waals surface area contributed by atoms with E-state index in [1.165, 1.54) is 24.3 Å². The zero-order chi connectivity index (χ0) is 14.8. The van der Waals surface area contributed by atoms with E-state index in [1.807, 2.05) is 0 Å². The first-order valence-electron chi connectivity index (χ1n) is 5.73. The third kappa shape index (κ3) is 5.07. The molecule has 0 unspecified atom stereocenters. The first-order chi connectivity index (χ1) is 9.38. The summed E-state index contributed by atoms with van der Waals surface area (Å²) < 4.78 is 69.0. The second kappa shape index (κ2) is 7.73. The minimum atomic E-state index is -5.19. The summed E-state index contributed by atoms with van der Waals surface area (Å²) in [5, 5.41) is 0. The quantitative estimate of drug-likeness (QED) is 0.591. The van der Waals surface area contributed by atoms with Crippen molar-refractivity contribution in [3.8, 4) is 5.75 Å². The van der Waals surface area contributed by atoms with Gasteiger partial charge < -0.3 is 17.7 Å². The normalized spacial score (nSPS) is 10.9. The van der Waals surface area contributed by atoms with Gasteiger partial charge in [-0.05, 0) is 23.8 Å². The van der Waals surface area contributed by atoms with Gasteiger partial charge in [0.1, 0.15) is 6.61 Å². The van der Waals surface area contributed by atoms with Crippen LogP contribution < -0.4 is 61.6 Å². The smallest absolute Gasteiger partial charge is 0.492 e. The van der Waals surface area contributed by atoms with Crippen LogP contribution in [0.15, 0.2) is 42.5 Å². The number of ether oxygens (including phenoxy) is 1. The van der Waals surface area contributed by atoms with Crippen molar-refractivity contribution in [1.82, 2.24) is 0 Å². The Morgan fingerprint density at radius 3 is 2.19 bits per heavy atom. The number of hydrogen-bond acceptors (Lipinski definition) is 1. The monoisotopic (exact) mass is 326 g/mol. The van der Waals surface area contributed by atoms with Crippen molar-refractivity contribution >= 4 is 12.4 Å². The van der Waals surface area contributed by atoms with Gasteiger partial charge in [-0.2, -0.15) is 0 Å². The van der Waals surface area contributed by atoms with Crippen molar-refractivity contribution in [1.29, 1.82) is 0 Å². The summed E-state index contributed by atoms with van der Waals surface area (Å²) in [7, 11) is 0. The van der Waals surface area contributed by atoms with E-state index in [1.54, 1.807) is 0 Å². The molecule has 0 saturated carbocycles. The molecule has 2 aromatic carbocycles. The molecule has 2 rings (SSSR count). The van der Waals surface area contributed by atoms with Crippen LogP contribution in [-0.4, -0.2) is 6.98 Å². The van der Waals surface area contributed by atoms with E-state index in [0.717, 1.165) is 18.2 Å². The van der Waals surface area contributed by atoms with Crippen molar-refractivity contribution in [3.63, 3.8) is 0 Å². The summed E-state index contributed by atoms with van der Waals surface area (Å²) in [6.45, 7) is -5.47. The molecule has 0 heterocycles. The van der Waals surface area contributed by atoms with Gasteiger partial charge in [0.25, 0.3) is 0 Å². The zero-order valence-corrected chi connectivity index (χ0v) is 14.2. The number of para-hydroxylation sites is 1. The Hall–Kier alpha value is -0.409. The Morgan fingerprint density at radius 1 is 0.905 bits per heavy atom. The molecule has 2 aromatic rings. The number of benzene rings is 2. The fourth-order valence-corrected chi connectivity index (χ4v) is 1.67.